The first-order valence-electron chi connectivity index (χ1n) is 12.9. The molecule has 0 aliphatic carbocycles. The van der Waals surface area contributed by atoms with E-state index in [-0.39, 0.29) is 12.0 Å². The van der Waals surface area contributed by atoms with Crippen LogP contribution in [-0.4, -0.2) is 63.8 Å². The Kier molecular flexibility index (Phi) is 19.0. The topological polar surface area (TPSA) is 95.0 Å². The third-order valence-corrected chi connectivity index (χ3v) is 6.93. The zero-order chi connectivity index (χ0) is 30.0. The molecule has 0 heterocycles. The average Bonchev–Trinajstić information content (AvgIpc) is 2.90. The van der Waals surface area contributed by atoms with Crippen LogP contribution in [-0.2, 0) is 32.3 Å². The van der Waals surface area contributed by atoms with Gasteiger partial charge in [-0.25, -0.2) is 0 Å². The quantitative estimate of drug-likeness (QED) is 0.180. The van der Waals surface area contributed by atoms with Crippen molar-refractivity contribution in [2.75, 3.05) is 14.1 Å². The van der Waals surface area contributed by atoms with Crippen LogP contribution in [0.25, 0.3) is 0 Å². The monoisotopic (exact) mass is 580 g/mol. The van der Waals surface area contributed by atoms with E-state index in [2.05, 4.69) is 54.1 Å². The minimum atomic E-state index is -1.14. The molecule has 0 bridgehead atoms. The maximum Gasteiger partial charge on any atom is 0.321 e. The number of aliphatic carboxylic acids is 1. The number of carbonyl (C=O) groups is 4. The maximum atomic E-state index is 11.3. The fourth-order valence-electron chi connectivity index (χ4n) is 3.95. The van der Waals surface area contributed by atoms with E-state index in [0.29, 0.717) is 12.5 Å². The van der Waals surface area contributed by atoms with Gasteiger partial charge in [0.2, 0.25) is 0 Å². The summed E-state index contributed by atoms with van der Waals surface area (Å²) in [5.74, 6) is -0.176. The van der Waals surface area contributed by atoms with E-state index in [1.165, 1.54) is 5.56 Å². The Bertz CT molecular complexity index is 979. The van der Waals surface area contributed by atoms with Crippen molar-refractivity contribution in [2.45, 2.75) is 65.7 Å². The second-order valence-electron chi connectivity index (χ2n) is 9.53. The second-order valence-corrected chi connectivity index (χ2v) is 10.2. The average molecular weight is 582 g/mol. The number of rotatable bonds is 13. The first-order chi connectivity index (χ1) is 18.4. The van der Waals surface area contributed by atoms with Gasteiger partial charge in [-0.15, -0.1) is 0 Å². The lowest BCUT2D eigenvalue weighted by atomic mass is 9.97. The molecular weight excluding hydrogens is 539 g/mol. The minimum Gasteiger partial charge on any atom is -0.480 e. The molecular formula is C30H42Cl2N2O5. The van der Waals surface area contributed by atoms with Gasteiger partial charge < -0.3 is 9.90 Å². The standard InChI is InChI=1S/C14H21NO2.C14H21NO.C2Cl2O2/c1-4-11(2)13(14(16)17)15(3)10-12-8-6-5-7-9-12;1-4-12(2)14(11-16)15(3)10-13-8-6-5-7-9-13;3-1(5)2(4)6/h5-9,11,13H,4,10H2,1-3H3,(H,16,17);5-9,11-12,14H,4,10H2,1-3H3;/t11-,13-;12-,14+;/m00./s1. The van der Waals surface area contributed by atoms with Crippen LogP contribution in [0.15, 0.2) is 60.7 Å². The number of carboxylic acid groups (broad SMARTS) is 1. The molecule has 0 radical (unpaired) electrons. The summed E-state index contributed by atoms with van der Waals surface area (Å²) in [6.45, 7) is 9.76. The normalized spacial score (nSPS) is 13.6. The molecule has 1 N–H and O–H groups in total. The summed E-state index contributed by atoms with van der Waals surface area (Å²) in [6.07, 6.45) is 2.97. The smallest absolute Gasteiger partial charge is 0.321 e. The third kappa shape index (κ3) is 15.0. The number of halogens is 2. The molecule has 0 amide bonds. The predicted molar refractivity (Wildman–Crippen MR) is 158 cm³/mol. The fourth-order valence-corrected chi connectivity index (χ4v) is 3.95. The van der Waals surface area contributed by atoms with E-state index in [9.17, 15) is 24.3 Å². The molecule has 2 rings (SSSR count). The van der Waals surface area contributed by atoms with Crippen LogP contribution in [0.1, 0.15) is 51.7 Å². The molecule has 4 atom stereocenters. The van der Waals surface area contributed by atoms with Crippen LogP contribution in [0.3, 0.4) is 0 Å². The Morgan fingerprint density at radius 2 is 1.15 bits per heavy atom. The van der Waals surface area contributed by atoms with Crippen molar-refractivity contribution in [1.29, 1.82) is 0 Å². The van der Waals surface area contributed by atoms with Crippen LogP contribution >= 0.6 is 23.2 Å². The summed E-state index contributed by atoms with van der Waals surface area (Å²) in [5, 5.41) is 7.00. The molecule has 0 saturated carbocycles. The van der Waals surface area contributed by atoms with E-state index in [1.54, 1.807) is 0 Å². The van der Waals surface area contributed by atoms with Crippen LogP contribution in [0, 0.1) is 11.8 Å². The van der Waals surface area contributed by atoms with Crippen molar-refractivity contribution < 1.29 is 24.3 Å². The SMILES string of the molecule is CC[C@H](C)[C@@H](C(=O)O)N(C)Cc1ccccc1.CC[C@H](C)[C@@H](C=O)N(C)Cc1ccccc1.O=C(Cl)C(=O)Cl. The zero-order valence-corrected chi connectivity index (χ0v) is 25.2. The van der Waals surface area contributed by atoms with Crippen molar-refractivity contribution in [3.05, 3.63) is 71.8 Å². The summed E-state index contributed by atoms with van der Waals surface area (Å²) in [7, 11) is 3.89. The van der Waals surface area contributed by atoms with Gasteiger partial charge in [-0.2, -0.15) is 0 Å². The summed E-state index contributed by atoms with van der Waals surface area (Å²) in [6, 6.07) is 19.8. The van der Waals surface area contributed by atoms with E-state index in [0.717, 1.165) is 31.2 Å². The van der Waals surface area contributed by atoms with Crippen molar-refractivity contribution in [3.63, 3.8) is 0 Å². The highest BCUT2D eigenvalue weighted by Crippen LogP contribution is 2.16. The minimum absolute atomic E-state index is 0.0187. The van der Waals surface area contributed by atoms with Gasteiger partial charge in [-0.3, -0.25) is 24.2 Å². The largest absolute Gasteiger partial charge is 0.480 e. The Hall–Kier alpha value is -2.58. The van der Waals surface area contributed by atoms with E-state index < -0.39 is 22.5 Å². The Labute approximate surface area is 243 Å². The summed E-state index contributed by atoms with van der Waals surface area (Å²) in [5.41, 5.74) is 2.39. The summed E-state index contributed by atoms with van der Waals surface area (Å²) >= 11 is 8.98. The highest BCUT2D eigenvalue weighted by Gasteiger charge is 2.27. The zero-order valence-electron chi connectivity index (χ0n) is 23.7. The molecule has 0 fully saturated rings. The van der Waals surface area contributed by atoms with E-state index in [4.69, 9.17) is 0 Å². The van der Waals surface area contributed by atoms with Gasteiger partial charge in [0.25, 0.3) is 0 Å². The fraction of sp³-hybridized carbons (Fsp3) is 0.467. The lowest BCUT2D eigenvalue weighted by Gasteiger charge is -2.29. The van der Waals surface area contributed by atoms with Gasteiger partial charge in [0, 0.05) is 13.1 Å². The van der Waals surface area contributed by atoms with Gasteiger partial charge in [-0.05, 0) is 60.3 Å². The molecule has 2 aromatic carbocycles. The lowest BCUT2D eigenvalue weighted by molar-refractivity contribution is -0.145. The summed E-state index contributed by atoms with van der Waals surface area (Å²) < 4.78 is 0. The predicted octanol–water partition coefficient (Wildman–Crippen LogP) is 5.87. The van der Waals surface area contributed by atoms with E-state index >= 15 is 0 Å². The van der Waals surface area contributed by atoms with Crippen molar-refractivity contribution in [3.8, 4) is 0 Å². The van der Waals surface area contributed by atoms with Gasteiger partial charge in [-0.1, -0.05) is 101 Å². The van der Waals surface area contributed by atoms with Gasteiger partial charge in [0.05, 0.1) is 6.04 Å². The number of hydrogen-bond acceptors (Lipinski definition) is 6. The van der Waals surface area contributed by atoms with Crippen molar-refractivity contribution in [2.24, 2.45) is 11.8 Å². The van der Waals surface area contributed by atoms with Crippen LogP contribution in [0.5, 0.6) is 0 Å². The highest BCUT2D eigenvalue weighted by atomic mass is 35.5. The van der Waals surface area contributed by atoms with Crippen LogP contribution in [0.2, 0.25) is 0 Å². The number of hydrogen-bond donors (Lipinski definition) is 1. The van der Waals surface area contributed by atoms with Crippen molar-refractivity contribution in [1.82, 2.24) is 9.80 Å². The molecule has 0 spiro atoms. The van der Waals surface area contributed by atoms with Gasteiger partial charge in [0.15, 0.2) is 0 Å². The Morgan fingerprint density at radius 1 is 0.769 bits per heavy atom. The highest BCUT2D eigenvalue weighted by molar-refractivity contribution is 6.97. The van der Waals surface area contributed by atoms with Gasteiger partial charge >= 0.3 is 16.5 Å². The number of carbonyl (C=O) groups excluding carboxylic acids is 3. The third-order valence-electron chi connectivity index (χ3n) is 6.49. The Balaban J connectivity index is 0.000000616. The molecule has 216 valence electrons. The molecule has 0 saturated heterocycles. The Morgan fingerprint density at radius 3 is 1.46 bits per heavy atom. The molecule has 0 aliphatic heterocycles. The first-order valence-corrected chi connectivity index (χ1v) is 13.7. The molecule has 0 unspecified atom stereocenters. The van der Waals surface area contributed by atoms with E-state index in [1.807, 2.05) is 81.4 Å². The second kappa shape index (κ2) is 20.3. The van der Waals surface area contributed by atoms with Crippen molar-refractivity contribution >= 4 is 45.9 Å². The number of carboxylic acids is 1. The molecule has 0 aliphatic rings. The van der Waals surface area contributed by atoms with Crippen LogP contribution in [0.4, 0.5) is 0 Å². The lowest BCUT2D eigenvalue weighted by Crippen LogP contribution is -2.42. The molecule has 9 heteroatoms. The van der Waals surface area contributed by atoms with Gasteiger partial charge in [0.1, 0.15) is 12.3 Å². The number of aldehydes is 1. The first kappa shape index (κ1) is 36.4. The summed E-state index contributed by atoms with van der Waals surface area (Å²) in [4.78, 5) is 45.3. The molecule has 39 heavy (non-hydrogen) atoms. The molecule has 2 aromatic rings. The molecule has 7 nitrogen and oxygen atoms in total. The molecule has 0 aromatic heterocycles. The number of nitrogens with zero attached hydrogens (tertiary/aromatic N) is 2. The number of benzene rings is 2. The number of likely N-dealkylation sites (N-methyl/N-ethyl adjacent to an activating group) is 2. The van der Waals surface area contributed by atoms with Crippen LogP contribution < -0.4 is 0 Å². The maximum absolute atomic E-state index is 11.3.